The molecule has 0 aromatic carbocycles. The number of amides is 2. The molecule has 0 saturated carbocycles. The van der Waals surface area contributed by atoms with E-state index in [1.807, 2.05) is 0 Å². The molecule has 1 saturated heterocycles. The molecule has 1 atom stereocenters. The number of hydrogen-bond acceptors (Lipinski definition) is 5. The second-order valence-electron chi connectivity index (χ2n) is 4.89. The van der Waals surface area contributed by atoms with Crippen molar-refractivity contribution < 1.29 is 23.9 Å². The summed E-state index contributed by atoms with van der Waals surface area (Å²) in [5.74, 6) is -0.977. The molecule has 8 heteroatoms. The van der Waals surface area contributed by atoms with Gasteiger partial charge in [-0.1, -0.05) is 0 Å². The molecule has 2 heterocycles. The van der Waals surface area contributed by atoms with Crippen molar-refractivity contribution in [2.75, 3.05) is 26.7 Å². The van der Waals surface area contributed by atoms with Gasteiger partial charge in [0.1, 0.15) is 11.8 Å². The number of carboxylic acids is 1. The molecule has 2 rings (SSSR count). The molecule has 2 N–H and O–H groups in total. The molecule has 1 aromatic heterocycles. The van der Waals surface area contributed by atoms with E-state index in [9.17, 15) is 14.4 Å². The lowest BCUT2D eigenvalue weighted by molar-refractivity contribution is -0.147. The third-order valence-electron chi connectivity index (χ3n) is 3.30. The standard InChI is InChI=1S/C13H17N3O5/c1-15(6-9-3-2-4-21-9)12(18)8-16-7-11(17)14-5-10(16)13(19)20/h2-4,10H,5-8H2,1H3,(H,14,17)(H,19,20). The Bertz CT molecular complexity index is 528. The zero-order valence-electron chi connectivity index (χ0n) is 11.6. The number of carbonyl (C=O) groups is 3. The van der Waals surface area contributed by atoms with Gasteiger partial charge >= 0.3 is 5.97 Å². The Morgan fingerprint density at radius 3 is 2.95 bits per heavy atom. The van der Waals surface area contributed by atoms with E-state index in [-0.39, 0.29) is 31.4 Å². The molecule has 0 radical (unpaired) electrons. The predicted octanol–water partition coefficient (Wildman–Crippen LogP) is -0.877. The highest BCUT2D eigenvalue weighted by molar-refractivity contribution is 5.85. The molecule has 1 fully saturated rings. The Morgan fingerprint density at radius 1 is 1.57 bits per heavy atom. The summed E-state index contributed by atoms with van der Waals surface area (Å²) in [6.45, 7) is 0.0752. The Morgan fingerprint density at radius 2 is 2.33 bits per heavy atom. The first-order valence-corrected chi connectivity index (χ1v) is 6.47. The Labute approximate surface area is 121 Å². The lowest BCUT2D eigenvalue weighted by Crippen LogP contribution is -2.59. The summed E-state index contributed by atoms with van der Waals surface area (Å²) in [5.41, 5.74) is 0. The van der Waals surface area contributed by atoms with E-state index in [4.69, 9.17) is 9.52 Å². The molecule has 0 bridgehead atoms. The molecule has 1 aliphatic rings. The molecule has 1 unspecified atom stereocenters. The lowest BCUT2D eigenvalue weighted by Gasteiger charge is -2.33. The zero-order chi connectivity index (χ0) is 15.4. The van der Waals surface area contributed by atoms with E-state index < -0.39 is 12.0 Å². The topological polar surface area (TPSA) is 103 Å². The number of furan rings is 1. The molecule has 1 aromatic rings. The highest BCUT2D eigenvalue weighted by atomic mass is 16.4. The quantitative estimate of drug-likeness (QED) is 0.731. The van der Waals surface area contributed by atoms with E-state index in [2.05, 4.69) is 5.32 Å². The van der Waals surface area contributed by atoms with Gasteiger partial charge in [-0.25, -0.2) is 0 Å². The molecule has 114 valence electrons. The van der Waals surface area contributed by atoms with Crippen LogP contribution in [-0.4, -0.2) is 65.4 Å². The SMILES string of the molecule is CN(Cc1ccco1)C(=O)CN1CC(=O)NCC1C(=O)O. The van der Waals surface area contributed by atoms with Crippen molar-refractivity contribution in [3.05, 3.63) is 24.2 Å². The van der Waals surface area contributed by atoms with E-state index in [1.54, 1.807) is 19.2 Å². The molecular formula is C13H17N3O5. The first-order chi connectivity index (χ1) is 9.97. The summed E-state index contributed by atoms with van der Waals surface area (Å²) in [7, 11) is 1.60. The van der Waals surface area contributed by atoms with Crippen LogP contribution in [0.25, 0.3) is 0 Å². The maximum atomic E-state index is 12.1. The summed E-state index contributed by atoms with van der Waals surface area (Å²) < 4.78 is 5.15. The van der Waals surface area contributed by atoms with E-state index in [1.165, 1.54) is 16.1 Å². The molecule has 2 amide bonds. The molecule has 0 aliphatic carbocycles. The summed E-state index contributed by atoms with van der Waals surface area (Å²) in [6, 6.07) is 2.59. The van der Waals surface area contributed by atoms with Gasteiger partial charge in [0.15, 0.2) is 0 Å². The smallest absolute Gasteiger partial charge is 0.322 e. The van der Waals surface area contributed by atoms with Gasteiger partial charge in [0, 0.05) is 13.6 Å². The van der Waals surface area contributed by atoms with Gasteiger partial charge < -0.3 is 19.7 Å². The number of carboxylic acid groups (broad SMARTS) is 1. The van der Waals surface area contributed by atoms with Gasteiger partial charge in [0.05, 0.1) is 25.9 Å². The maximum absolute atomic E-state index is 12.1. The normalized spacial score (nSPS) is 19.1. The van der Waals surface area contributed by atoms with Gasteiger partial charge in [-0.15, -0.1) is 0 Å². The number of nitrogens with zero attached hydrogens (tertiary/aromatic N) is 2. The van der Waals surface area contributed by atoms with Crippen molar-refractivity contribution in [3.8, 4) is 0 Å². The first kappa shape index (κ1) is 15.0. The molecular weight excluding hydrogens is 278 g/mol. The van der Waals surface area contributed by atoms with E-state index >= 15 is 0 Å². The van der Waals surface area contributed by atoms with Gasteiger partial charge in [0.2, 0.25) is 11.8 Å². The Kier molecular flexibility index (Phi) is 4.59. The van der Waals surface area contributed by atoms with Crippen molar-refractivity contribution in [1.29, 1.82) is 0 Å². The average molecular weight is 295 g/mol. The van der Waals surface area contributed by atoms with Crippen LogP contribution in [0.2, 0.25) is 0 Å². The van der Waals surface area contributed by atoms with Crippen molar-refractivity contribution in [1.82, 2.24) is 15.1 Å². The fraction of sp³-hybridized carbons (Fsp3) is 0.462. The van der Waals surface area contributed by atoms with Crippen molar-refractivity contribution in [2.24, 2.45) is 0 Å². The Balaban J connectivity index is 1.95. The summed E-state index contributed by atoms with van der Waals surface area (Å²) in [4.78, 5) is 37.4. The third-order valence-corrected chi connectivity index (χ3v) is 3.30. The largest absolute Gasteiger partial charge is 0.480 e. The minimum Gasteiger partial charge on any atom is -0.480 e. The fourth-order valence-electron chi connectivity index (χ4n) is 2.12. The van der Waals surface area contributed by atoms with Crippen LogP contribution in [0.1, 0.15) is 5.76 Å². The summed E-state index contributed by atoms with van der Waals surface area (Å²) in [6.07, 6.45) is 1.52. The van der Waals surface area contributed by atoms with E-state index in [0.29, 0.717) is 12.3 Å². The number of carbonyl (C=O) groups excluding carboxylic acids is 2. The summed E-state index contributed by atoms with van der Waals surface area (Å²) >= 11 is 0. The third kappa shape index (κ3) is 3.82. The number of hydrogen-bond donors (Lipinski definition) is 2. The minimum absolute atomic E-state index is 0.00332. The first-order valence-electron chi connectivity index (χ1n) is 6.47. The zero-order valence-corrected chi connectivity index (χ0v) is 11.6. The number of rotatable bonds is 5. The predicted molar refractivity (Wildman–Crippen MR) is 71.2 cm³/mol. The maximum Gasteiger partial charge on any atom is 0.322 e. The molecule has 21 heavy (non-hydrogen) atoms. The highest BCUT2D eigenvalue weighted by Crippen LogP contribution is 2.08. The van der Waals surface area contributed by atoms with Crippen molar-refractivity contribution in [3.63, 3.8) is 0 Å². The molecule has 0 spiro atoms. The highest BCUT2D eigenvalue weighted by Gasteiger charge is 2.33. The van der Waals surface area contributed by atoms with Crippen molar-refractivity contribution in [2.45, 2.75) is 12.6 Å². The van der Waals surface area contributed by atoms with Gasteiger partial charge in [0.25, 0.3) is 0 Å². The van der Waals surface area contributed by atoms with E-state index in [0.717, 1.165) is 0 Å². The Hall–Kier alpha value is -2.35. The van der Waals surface area contributed by atoms with Crippen LogP contribution in [0.15, 0.2) is 22.8 Å². The van der Waals surface area contributed by atoms with Gasteiger partial charge in [-0.3, -0.25) is 19.3 Å². The number of nitrogens with one attached hydrogen (secondary N) is 1. The van der Waals surface area contributed by atoms with Crippen LogP contribution in [-0.2, 0) is 20.9 Å². The second-order valence-corrected chi connectivity index (χ2v) is 4.89. The summed E-state index contributed by atoms with van der Waals surface area (Å²) in [5, 5.41) is 11.6. The average Bonchev–Trinajstić information content (AvgIpc) is 2.91. The minimum atomic E-state index is -1.06. The van der Waals surface area contributed by atoms with Gasteiger partial charge in [-0.2, -0.15) is 0 Å². The van der Waals surface area contributed by atoms with Crippen LogP contribution in [0.3, 0.4) is 0 Å². The van der Waals surface area contributed by atoms with Gasteiger partial charge in [-0.05, 0) is 12.1 Å². The van der Waals surface area contributed by atoms with Crippen LogP contribution >= 0.6 is 0 Å². The number of aliphatic carboxylic acids is 1. The molecule has 1 aliphatic heterocycles. The number of likely N-dealkylation sites (N-methyl/N-ethyl adjacent to an activating group) is 1. The van der Waals surface area contributed by atoms with Crippen LogP contribution in [0.5, 0.6) is 0 Å². The van der Waals surface area contributed by atoms with Crippen LogP contribution < -0.4 is 5.32 Å². The number of piperazine rings is 1. The monoisotopic (exact) mass is 295 g/mol. The lowest BCUT2D eigenvalue weighted by atomic mass is 10.2. The van der Waals surface area contributed by atoms with Crippen LogP contribution in [0, 0.1) is 0 Å². The fourth-order valence-corrected chi connectivity index (χ4v) is 2.12. The second kappa shape index (κ2) is 6.40. The molecule has 8 nitrogen and oxygen atoms in total. The van der Waals surface area contributed by atoms with Crippen molar-refractivity contribution >= 4 is 17.8 Å². The van der Waals surface area contributed by atoms with Crippen LogP contribution in [0.4, 0.5) is 0 Å².